The second-order valence-electron chi connectivity index (χ2n) is 5.86. The van der Waals surface area contributed by atoms with Gasteiger partial charge in [-0.05, 0) is 45.1 Å². The van der Waals surface area contributed by atoms with E-state index in [1.54, 1.807) is 4.31 Å². The lowest BCUT2D eigenvalue weighted by molar-refractivity contribution is 0.232. The van der Waals surface area contributed by atoms with Crippen LogP contribution in [0.15, 0.2) is 0 Å². The van der Waals surface area contributed by atoms with Crippen molar-refractivity contribution >= 4 is 21.6 Å². The molecule has 6 heteroatoms. The van der Waals surface area contributed by atoms with E-state index in [1.807, 2.05) is 0 Å². The van der Waals surface area contributed by atoms with Gasteiger partial charge in [-0.25, -0.2) is 12.7 Å². The van der Waals surface area contributed by atoms with Crippen molar-refractivity contribution in [2.24, 2.45) is 5.92 Å². The van der Waals surface area contributed by atoms with E-state index >= 15 is 0 Å². The van der Waals surface area contributed by atoms with Crippen LogP contribution in [0.1, 0.15) is 39.5 Å². The zero-order valence-corrected chi connectivity index (χ0v) is 13.9. The molecule has 0 aliphatic carbocycles. The number of sulfonamides is 1. The molecule has 0 amide bonds. The van der Waals surface area contributed by atoms with E-state index < -0.39 is 10.0 Å². The molecule has 2 atom stereocenters. The Labute approximate surface area is 122 Å². The summed E-state index contributed by atoms with van der Waals surface area (Å²) in [5, 5.41) is 3.58. The van der Waals surface area contributed by atoms with Crippen LogP contribution in [0, 0.1) is 5.92 Å². The predicted molar refractivity (Wildman–Crippen MR) is 81.2 cm³/mol. The minimum Gasteiger partial charge on any atom is -0.311 e. The van der Waals surface area contributed by atoms with Crippen LogP contribution in [-0.2, 0) is 10.0 Å². The fourth-order valence-corrected chi connectivity index (χ4v) is 3.84. The molecule has 1 saturated heterocycles. The van der Waals surface area contributed by atoms with Crippen molar-refractivity contribution in [3.63, 3.8) is 0 Å². The van der Waals surface area contributed by atoms with Crippen LogP contribution in [0.25, 0.3) is 0 Å². The van der Waals surface area contributed by atoms with E-state index in [9.17, 15) is 8.42 Å². The van der Waals surface area contributed by atoms with Crippen LogP contribution < -0.4 is 5.32 Å². The van der Waals surface area contributed by atoms with Gasteiger partial charge in [0.05, 0.1) is 6.26 Å². The molecule has 0 aromatic rings. The number of hydrogen-bond acceptors (Lipinski definition) is 3. The topological polar surface area (TPSA) is 49.4 Å². The largest absolute Gasteiger partial charge is 0.311 e. The maximum absolute atomic E-state index is 11.6. The molecule has 4 nitrogen and oxygen atoms in total. The molecule has 114 valence electrons. The van der Waals surface area contributed by atoms with E-state index in [2.05, 4.69) is 19.2 Å². The van der Waals surface area contributed by atoms with E-state index in [1.165, 1.54) is 6.26 Å². The van der Waals surface area contributed by atoms with Crippen molar-refractivity contribution in [3.05, 3.63) is 0 Å². The highest BCUT2D eigenvalue weighted by molar-refractivity contribution is 7.88. The fourth-order valence-electron chi connectivity index (χ4n) is 2.48. The van der Waals surface area contributed by atoms with Crippen molar-refractivity contribution < 1.29 is 8.42 Å². The van der Waals surface area contributed by atoms with Gasteiger partial charge in [0.25, 0.3) is 0 Å². The Hall–Kier alpha value is 0.160. The van der Waals surface area contributed by atoms with Crippen molar-refractivity contribution in [3.8, 4) is 0 Å². The normalized spacial score (nSPS) is 25.2. The summed E-state index contributed by atoms with van der Waals surface area (Å²) in [5.74, 6) is 1.06. The molecule has 0 saturated carbocycles. The Morgan fingerprint density at radius 2 is 2.16 bits per heavy atom. The maximum Gasteiger partial charge on any atom is 0.211 e. The summed E-state index contributed by atoms with van der Waals surface area (Å²) < 4.78 is 24.8. The first-order valence-corrected chi connectivity index (χ1v) is 9.45. The Balaban J connectivity index is 2.49. The van der Waals surface area contributed by atoms with Crippen LogP contribution in [0.4, 0.5) is 0 Å². The average molecular weight is 311 g/mol. The van der Waals surface area contributed by atoms with Crippen LogP contribution in [-0.4, -0.2) is 50.0 Å². The highest BCUT2D eigenvalue weighted by atomic mass is 35.5. The Kier molecular flexibility index (Phi) is 6.57. The Bertz CT molecular complexity index is 375. The first-order valence-electron chi connectivity index (χ1n) is 7.07. The minimum atomic E-state index is -3.04. The lowest BCUT2D eigenvalue weighted by atomic mass is 9.93. The predicted octanol–water partition coefficient (Wildman–Crippen LogP) is 2.05. The van der Waals surface area contributed by atoms with Crippen LogP contribution >= 0.6 is 11.6 Å². The SMILES string of the molecule is CCC(C)(CCCl)NCC1CCCN(S(C)(=O)=O)C1. The lowest BCUT2D eigenvalue weighted by Gasteiger charge is -2.35. The third-order valence-electron chi connectivity index (χ3n) is 4.19. The molecule has 1 heterocycles. The maximum atomic E-state index is 11.6. The molecule has 1 fully saturated rings. The zero-order valence-electron chi connectivity index (χ0n) is 12.3. The van der Waals surface area contributed by atoms with Crippen LogP contribution in [0.2, 0.25) is 0 Å². The van der Waals surface area contributed by atoms with Crippen molar-refractivity contribution in [2.45, 2.75) is 45.1 Å². The van der Waals surface area contributed by atoms with Gasteiger partial charge in [-0.1, -0.05) is 6.92 Å². The number of alkyl halides is 1. The molecule has 1 aliphatic rings. The highest BCUT2D eigenvalue weighted by Crippen LogP contribution is 2.21. The van der Waals surface area contributed by atoms with Crippen LogP contribution in [0.5, 0.6) is 0 Å². The van der Waals surface area contributed by atoms with Gasteiger partial charge < -0.3 is 5.32 Å². The number of halogens is 1. The zero-order chi connectivity index (χ0) is 14.5. The molecule has 1 N–H and O–H groups in total. The van der Waals surface area contributed by atoms with Gasteiger partial charge in [0.2, 0.25) is 10.0 Å². The second-order valence-corrected chi connectivity index (χ2v) is 8.22. The number of hydrogen-bond donors (Lipinski definition) is 1. The molecule has 1 aliphatic heterocycles. The minimum absolute atomic E-state index is 0.0646. The number of nitrogens with zero attached hydrogens (tertiary/aromatic N) is 1. The first kappa shape index (κ1) is 17.2. The molecule has 0 spiro atoms. The molecule has 0 aromatic carbocycles. The number of rotatable bonds is 7. The first-order chi connectivity index (χ1) is 8.80. The summed E-state index contributed by atoms with van der Waals surface area (Å²) >= 11 is 5.84. The quantitative estimate of drug-likeness (QED) is 0.732. The van der Waals surface area contributed by atoms with Crippen LogP contribution in [0.3, 0.4) is 0 Å². The van der Waals surface area contributed by atoms with Gasteiger partial charge >= 0.3 is 0 Å². The van der Waals surface area contributed by atoms with Crippen molar-refractivity contribution in [2.75, 3.05) is 31.8 Å². The third-order valence-corrected chi connectivity index (χ3v) is 5.65. The van der Waals surface area contributed by atoms with E-state index in [0.717, 1.165) is 32.2 Å². The van der Waals surface area contributed by atoms with Gasteiger partial charge in [0.1, 0.15) is 0 Å². The highest BCUT2D eigenvalue weighted by Gasteiger charge is 2.28. The summed E-state index contributed by atoms with van der Waals surface area (Å²) in [4.78, 5) is 0. The average Bonchev–Trinajstić information content (AvgIpc) is 2.36. The lowest BCUT2D eigenvalue weighted by Crippen LogP contribution is -2.48. The molecule has 0 aromatic heterocycles. The molecule has 19 heavy (non-hydrogen) atoms. The summed E-state index contributed by atoms with van der Waals surface area (Å²) in [7, 11) is -3.04. The Morgan fingerprint density at radius 1 is 1.47 bits per heavy atom. The van der Waals surface area contributed by atoms with Gasteiger partial charge in [0, 0.05) is 24.5 Å². The molecule has 0 bridgehead atoms. The van der Waals surface area contributed by atoms with Gasteiger partial charge in [-0.2, -0.15) is 0 Å². The van der Waals surface area contributed by atoms with Crippen molar-refractivity contribution in [1.82, 2.24) is 9.62 Å². The molecular formula is C13H27ClN2O2S. The monoisotopic (exact) mass is 310 g/mol. The molecule has 2 unspecified atom stereocenters. The van der Waals surface area contributed by atoms with E-state index in [0.29, 0.717) is 24.9 Å². The smallest absolute Gasteiger partial charge is 0.211 e. The standard InChI is InChI=1S/C13H27ClN2O2S/c1-4-13(2,7-8-14)15-10-12-6-5-9-16(11-12)19(3,17)18/h12,15H,4-11H2,1-3H3. The van der Waals surface area contributed by atoms with E-state index in [-0.39, 0.29) is 5.54 Å². The van der Waals surface area contributed by atoms with Gasteiger partial charge in [-0.15, -0.1) is 11.6 Å². The number of piperidine rings is 1. The summed E-state index contributed by atoms with van der Waals surface area (Å²) in [6, 6.07) is 0. The van der Waals surface area contributed by atoms with E-state index in [4.69, 9.17) is 11.6 Å². The molecule has 0 radical (unpaired) electrons. The van der Waals surface area contributed by atoms with Gasteiger partial charge in [-0.3, -0.25) is 0 Å². The van der Waals surface area contributed by atoms with Crippen molar-refractivity contribution in [1.29, 1.82) is 0 Å². The molecular weight excluding hydrogens is 284 g/mol. The third kappa shape index (κ3) is 5.58. The summed E-state index contributed by atoms with van der Waals surface area (Å²) in [5.41, 5.74) is 0.0646. The summed E-state index contributed by atoms with van der Waals surface area (Å²) in [6.07, 6.45) is 5.32. The fraction of sp³-hybridized carbons (Fsp3) is 1.00. The number of nitrogens with one attached hydrogen (secondary N) is 1. The Morgan fingerprint density at radius 3 is 2.68 bits per heavy atom. The second kappa shape index (κ2) is 7.25. The summed E-state index contributed by atoms with van der Waals surface area (Å²) in [6.45, 7) is 6.53. The van der Waals surface area contributed by atoms with Gasteiger partial charge in [0.15, 0.2) is 0 Å². The molecule has 1 rings (SSSR count).